The van der Waals surface area contributed by atoms with Gasteiger partial charge < -0.3 is 15.5 Å². The van der Waals surface area contributed by atoms with E-state index in [2.05, 4.69) is 5.32 Å². The molecule has 1 aliphatic carbocycles. The summed E-state index contributed by atoms with van der Waals surface area (Å²) in [4.78, 5) is 35.2. The second kappa shape index (κ2) is 10.8. The molecule has 0 saturated heterocycles. The van der Waals surface area contributed by atoms with Crippen LogP contribution >= 0.6 is 0 Å². The maximum Gasteiger partial charge on any atom is 0.306 e. The number of benzene rings is 2. The second-order valence-electron chi connectivity index (χ2n) is 8.30. The molecule has 0 heterocycles. The average Bonchev–Trinajstić information content (AvgIpc) is 2.78. The highest BCUT2D eigenvalue weighted by Gasteiger charge is 2.31. The third-order valence-corrected chi connectivity index (χ3v) is 5.99. The molecule has 3 N–H and O–H groups in total. The summed E-state index contributed by atoms with van der Waals surface area (Å²) < 4.78 is 0. The van der Waals surface area contributed by atoms with Crippen LogP contribution in [0.5, 0.6) is 0 Å². The molecule has 0 bridgehead atoms. The highest BCUT2D eigenvalue weighted by atomic mass is 16.4. The molecule has 3 unspecified atom stereocenters. The summed E-state index contributed by atoms with van der Waals surface area (Å²) in [5, 5.41) is 21.4. The maximum atomic E-state index is 12.8. The molecule has 2 aromatic carbocycles. The van der Waals surface area contributed by atoms with Crippen molar-refractivity contribution in [2.75, 3.05) is 0 Å². The fourth-order valence-corrected chi connectivity index (χ4v) is 4.24. The minimum Gasteiger partial charge on any atom is -0.481 e. The van der Waals surface area contributed by atoms with Gasteiger partial charge in [-0.1, -0.05) is 61.0 Å². The molecule has 1 amide bonds. The van der Waals surface area contributed by atoms with Crippen LogP contribution in [-0.4, -0.2) is 34.1 Å². The zero-order valence-electron chi connectivity index (χ0n) is 17.5. The van der Waals surface area contributed by atoms with Gasteiger partial charge in [-0.05, 0) is 48.8 Å². The van der Waals surface area contributed by atoms with Crippen LogP contribution in [0, 0.1) is 11.8 Å². The van der Waals surface area contributed by atoms with E-state index in [1.54, 1.807) is 0 Å². The first-order valence-corrected chi connectivity index (χ1v) is 10.8. The van der Waals surface area contributed by atoms with Crippen LogP contribution in [0.2, 0.25) is 0 Å². The number of aliphatic carboxylic acids is 2. The Kier molecular flexibility index (Phi) is 7.82. The SMILES string of the molecule is O=C(O)CCC(Cc1ccc(-c2ccccc2)cc1)NC(=O)C1CCCC(C(=O)O)C1. The standard InChI is InChI=1S/C25H29NO5/c27-23(28)14-13-22(26-24(29)20-7-4-8-21(16-20)25(30)31)15-17-9-11-19(12-10-17)18-5-2-1-3-6-18/h1-3,5-6,9-12,20-22H,4,7-8,13-16H2,(H,26,29)(H,27,28)(H,30,31). The van der Waals surface area contributed by atoms with Crippen molar-refractivity contribution in [2.24, 2.45) is 11.8 Å². The summed E-state index contributed by atoms with van der Waals surface area (Å²) in [6, 6.07) is 17.8. The number of carboxylic acids is 2. The van der Waals surface area contributed by atoms with Crippen molar-refractivity contribution in [3.63, 3.8) is 0 Å². The lowest BCUT2D eigenvalue weighted by atomic mass is 9.81. The Morgan fingerprint density at radius 2 is 1.55 bits per heavy atom. The van der Waals surface area contributed by atoms with Crippen molar-refractivity contribution in [2.45, 2.75) is 51.0 Å². The normalized spacial score (nSPS) is 19.4. The highest BCUT2D eigenvalue weighted by Crippen LogP contribution is 2.29. The van der Waals surface area contributed by atoms with Crippen molar-refractivity contribution in [1.82, 2.24) is 5.32 Å². The smallest absolute Gasteiger partial charge is 0.306 e. The number of amides is 1. The molecular formula is C25H29NO5. The van der Waals surface area contributed by atoms with Crippen LogP contribution in [0.15, 0.2) is 54.6 Å². The van der Waals surface area contributed by atoms with Crippen LogP contribution in [0.25, 0.3) is 11.1 Å². The highest BCUT2D eigenvalue weighted by molar-refractivity contribution is 5.80. The molecule has 6 nitrogen and oxygen atoms in total. The first kappa shape index (κ1) is 22.5. The Bertz CT molecular complexity index is 894. The maximum absolute atomic E-state index is 12.8. The van der Waals surface area contributed by atoms with Crippen molar-refractivity contribution < 1.29 is 24.6 Å². The number of carboxylic acid groups (broad SMARTS) is 2. The van der Waals surface area contributed by atoms with Gasteiger partial charge in [0.2, 0.25) is 5.91 Å². The largest absolute Gasteiger partial charge is 0.481 e. The van der Waals surface area contributed by atoms with Crippen molar-refractivity contribution in [3.8, 4) is 11.1 Å². The molecule has 3 rings (SSSR count). The average molecular weight is 424 g/mol. The van der Waals surface area contributed by atoms with E-state index in [1.807, 2.05) is 54.6 Å². The minimum atomic E-state index is -0.901. The summed E-state index contributed by atoms with van der Waals surface area (Å²) in [5.74, 6) is -2.72. The molecule has 1 saturated carbocycles. The van der Waals surface area contributed by atoms with Crippen LogP contribution < -0.4 is 5.32 Å². The summed E-state index contributed by atoms with van der Waals surface area (Å²) in [6.45, 7) is 0. The second-order valence-corrected chi connectivity index (χ2v) is 8.30. The molecule has 3 atom stereocenters. The Morgan fingerprint density at radius 3 is 2.19 bits per heavy atom. The van der Waals surface area contributed by atoms with Crippen LogP contribution in [0.4, 0.5) is 0 Å². The molecular weight excluding hydrogens is 394 g/mol. The van der Waals surface area contributed by atoms with Crippen LogP contribution in [0.1, 0.15) is 44.1 Å². The molecule has 164 valence electrons. The van der Waals surface area contributed by atoms with E-state index >= 15 is 0 Å². The molecule has 1 aliphatic rings. The van der Waals surface area contributed by atoms with Gasteiger partial charge in [-0.2, -0.15) is 0 Å². The van der Waals surface area contributed by atoms with Crippen LogP contribution in [0.3, 0.4) is 0 Å². The zero-order valence-corrected chi connectivity index (χ0v) is 17.5. The number of rotatable bonds is 9. The molecule has 0 aliphatic heterocycles. The van der Waals surface area contributed by atoms with Crippen molar-refractivity contribution >= 4 is 17.8 Å². The summed E-state index contributed by atoms with van der Waals surface area (Å²) in [7, 11) is 0. The molecule has 0 radical (unpaired) electrons. The predicted molar refractivity (Wildman–Crippen MR) is 117 cm³/mol. The molecule has 31 heavy (non-hydrogen) atoms. The van der Waals surface area contributed by atoms with E-state index in [9.17, 15) is 19.5 Å². The van der Waals surface area contributed by atoms with Gasteiger partial charge in [0.25, 0.3) is 0 Å². The van der Waals surface area contributed by atoms with Gasteiger partial charge in [-0.25, -0.2) is 0 Å². The lowest BCUT2D eigenvalue weighted by molar-refractivity contribution is -0.144. The van der Waals surface area contributed by atoms with Gasteiger partial charge in [0.05, 0.1) is 5.92 Å². The number of carbonyl (C=O) groups excluding carboxylic acids is 1. The van der Waals surface area contributed by atoms with E-state index in [0.29, 0.717) is 32.1 Å². The van der Waals surface area contributed by atoms with E-state index in [1.165, 1.54) is 0 Å². The zero-order chi connectivity index (χ0) is 22.2. The quantitative estimate of drug-likeness (QED) is 0.562. The Labute approximate surface area is 182 Å². The number of hydrogen-bond donors (Lipinski definition) is 3. The molecule has 6 heteroatoms. The Hall–Kier alpha value is -3.15. The monoisotopic (exact) mass is 423 g/mol. The van der Waals surface area contributed by atoms with Gasteiger partial charge in [0.1, 0.15) is 0 Å². The lowest BCUT2D eigenvalue weighted by Gasteiger charge is -2.28. The van der Waals surface area contributed by atoms with Crippen LogP contribution in [-0.2, 0) is 20.8 Å². The van der Waals surface area contributed by atoms with E-state index < -0.39 is 17.9 Å². The van der Waals surface area contributed by atoms with Gasteiger partial charge in [0.15, 0.2) is 0 Å². The Morgan fingerprint density at radius 1 is 0.903 bits per heavy atom. The van der Waals surface area contributed by atoms with Gasteiger partial charge in [-0.3, -0.25) is 14.4 Å². The van der Waals surface area contributed by atoms with E-state index in [0.717, 1.165) is 23.1 Å². The van der Waals surface area contributed by atoms with Crippen molar-refractivity contribution in [1.29, 1.82) is 0 Å². The molecule has 2 aromatic rings. The number of hydrogen-bond acceptors (Lipinski definition) is 3. The summed E-state index contributed by atoms with van der Waals surface area (Å²) >= 11 is 0. The molecule has 0 aromatic heterocycles. The third kappa shape index (κ3) is 6.67. The summed E-state index contributed by atoms with van der Waals surface area (Å²) in [5.41, 5.74) is 3.23. The minimum absolute atomic E-state index is 0.0323. The third-order valence-electron chi connectivity index (χ3n) is 5.99. The topological polar surface area (TPSA) is 104 Å². The fourth-order valence-electron chi connectivity index (χ4n) is 4.24. The summed E-state index contributed by atoms with van der Waals surface area (Å²) in [6.07, 6.45) is 3.17. The Balaban J connectivity index is 1.65. The van der Waals surface area contributed by atoms with Gasteiger partial charge in [0, 0.05) is 18.4 Å². The lowest BCUT2D eigenvalue weighted by Crippen LogP contribution is -2.42. The van der Waals surface area contributed by atoms with E-state index in [4.69, 9.17) is 5.11 Å². The van der Waals surface area contributed by atoms with E-state index in [-0.39, 0.29) is 24.3 Å². The first-order valence-electron chi connectivity index (χ1n) is 10.8. The molecule has 0 spiro atoms. The number of nitrogens with one attached hydrogen (secondary N) is 1. The predicted octanol–water partition coefficient (Wildman–Crippen LogP) is 4.14. The van der Waals surface area contributed by atoms with Gasteiger partial charge in [-0.15, -0.1) is 0 Å². The molecule has 1 fully saturated rings. The van der Waals surface area contributed by atoms with Crippen molar-refractivity contribution in [3.05, 3.63) is 60.2 Å². The van der Waals surface area contributed by atoms with Gasteiger partial charge >= 0.3 is 11.9 Å². The fraction of sp³-hybridized carbons (Fsp3) is 0.400. The first-order chi connectivity index (χ1) is 14.9. The number of carbonyl (C=O) groups is 3.